The lowest BCUT2D eigenvalue weighted by Crippen LogP contribution is -2.60. The number of nitrogens with one attached hydrogen (secondary N) is 8. The Morgan fingerprint density at radius 2 is 1.13 bits per heavy atom. The molecule has 0 aromatic heterocycles. The molecule has 2 rings (SSSR count). The predicted molar refractivity (Wildman–Crippen MR) is 320 cm³/mol. The average Bonchev–Trinajstić information content (AvgIpc) is 3.67. The van der Waals surface area contributed by atoms with Crippen molar-refractivity contribution in [2.24, 2.45) is 58.3 Å². The number of hydrogen-bond donors (Lipinski definition) is 15. The third-order valence-corrected chi connectivity index (χ3v) is 15.2. The highest BCUT2D eigenvalue weighted by Crippen LogP contribution is 2.20. The third kappa shape index (κ3) is 27.3. The molecule has 480 valence electrons. The lowest BCUT2D eigenvalue weighted by Gasteiger charge is -2.28. The van der Waals surface area contributed by atoms with E-state index in [1.54, 1.807) is 44.2 Å². The normalized spacial score (nSPS) is 23.1. The standard InChI is InChI=1S/C59H101N13O13/c1-7-35(4)13-11-12-16-41(75)31-39(17-23-60)53(79)72-51(37(6)74)50(77)32-40(18-24-61)52(78)67-46-22-28-65-54(80)42(36(5)73)33-49(76)43(19-25-62)66-55(81)44(20-26-63)69-58(84)47(29-34(2)3)70-59(85)48(30-38-14-9-8-10-15-38)71-56(82)45(21-27-64)68-57(46)83/h8-10,14-15,34-37,39-40,42-48,51,73-74H,7,11-13,16-33,60-64H2,1-6H3,(H,65,80)(H,66,81)(H,67,78)(H,68,83)(H,69,84)(H,70,85)(H,71,82)(H,72,79). The summed E-state index contributed by atoms with van der Waals surface area (Å²) in [5, 5.41) is 42.8. The molecule has 26 nitrogen and oxygen atoms in total. The molecule has 13 unspecified atom stereocenters. The van der Waals surface area contributed by atoms with Crippen LogP contribution >= 0.6 is 0 Å². The number of unbranched alkanes of at least 4 members (excludes halogenated alkanes) is 1. The van der Waals surface area contributed by atoms with E-state index in [0.717, 1.165) is 19.3 Å². The zero-order chi connectivity index (χ0) is 63.8. The summed E-state index contributed by atoms with van der Waals surface area (Å²) in [6.07, 6.45) is -1.39. The maximum Gasteiger partial charge on any atom is 0.243 e. The summed E-state index contributed by atoms with van der Waals surface area (Å²) in [7, 11) is 0. The number of hydrogen-bond acceptors (Lipinski definition) is 18. The lowest BCUT2D eigenvalue weighted by atomic mass is 9.91. The quantitative estimate of drug-likeness (QED) is 0.0359. The topological polar surface area (TPSA) is 455 Å². The Balaban J connectivity index is 2.67. The second kappa shape index (κ2) is 40.2. The van der Waals surface area contributed by atoms with Crippen molar-refractivity contribution in [3.63, 3.8) is 0 Å². The number of aliphatic hydroxyl groups excluding tert-OH is 2. The Labute approximate surface area is 500 Å². The van der Waals surface area contributed by atoms with Gasteiger partial charge in [-0.25, -0.2) is 0 Å². The molecule has 1 aromatic rings. The molecule has 1 aliphatic rings. The molecule has 1 heterocycles. The Kier molecular flexibility index (Phi) is 35.3. The molecule has 1 saturated heterocycles. The van der Waals surface area contributed by atoms with Crippen LogP contribution in [0.15, 0.2) is 30.3 Å². The van der Waals surface area contributed by atoms with E-state index in [4.69, 9.17) is 28.7 Å². The molecule has 85 heavy (non-hydrogen) atoms. The third-order valence-electron chi connectivity index (χ3n) is 15.2. The molecule has 8 amide bonds. The molecule has 0 bridgehead atoms. The van der Waals surface area contributed by atoms with Crippen molar-refractivity contribution in [3.8, 4) is 0 Å². The predicted octanol–water partition coefficient (Wildman–Crippen LogP) is -1.97. The van der Waals surface area contributed by atoms with E-state index in [1.807, 2.05) is 0 Å². The van der Waals surface area contributed by atoms with E-state index in [-0.39, 0.29) is 102 Å². The molecule has 0 aliphatic carbocycles. The summed E-state index contributed by atoms with van der Waals surface area (Å²) >= 11 is 0. The number of benzene rings is 1. The van der Waals surface area contributed by atoms with Gasteiger partial charge in [0.15, 0.2) is 11.6 Å². The Hall–Kier alpha value is -6.29. The van der Waals surface area contributed by atoms with Gasteiger partial charge in [0.05, 0.1) is 24.2 Å². The van der Waals surface area contributed by atoms with Gasteiger partial charge in [-0.05, 0) is 115 Å². The SMILES string of the molecule is CCC(C)CCCCC(=O)CC(CCN)C(=O)NC(C(=O)CC(CCN)C(=O)NC1CCNC(=O)C(C(C)O)CC(=O)C(CCN)NC(=O)C(CCN)NC(=O)C(CC(C)C)NC(=O)C(Cc2ccccc2)NC(=O)C(CCN)NC1=O)C(C)O. The van der Waals surface area contributed by atoms with Crippen LogP contribution in [0.4, 0.5) is 0 Å². The van der Waals surface area contributed by atoms with E-state index >= 15 is 0 Å². The summed E-state index contributed by atoms with van der Waals surface area (Å²) in [5.74, 6) is -11.6. The fourth-order valence-corrected chi connectivity index (χ4v) is 9.91. The number of ketones is 3. The Morgan fingerprint density at radius 3 is 1.67 bits per heavy atom. The smallest absolute Gasteiger partial charge is 0.243 e. The van der Waals surface area contributed by atoms with Gasteiger partial charge in [-0.1, -0.05) is 77.3 Å². The number of carbonyl (C=O) groups excluding carboxylic acids is 11. The fraction of sp³-hybridized carbons (Fsp3) is 0.712. The van der Waals surface area contributed by atoms with Crippen molar-refractivity contribution in [3.05, 3.63) is 35.9 Å². The van der Waals surface area contributed by atoms with E-state index < -0.39 is 157 Å². The van der Waals surface area contributed by atoms with Crippen molar-refractivity contribution in [2.45, 2.75) is 199 Å². The first-order valence-electron chi connectivity index (χ1n) is 30.2. The summed E-state index contributed by atoms with van der Waals surface area (Å²) in [6.45, 7) is 9.52. The van der Waals surface area contributed by atoms with E-state index in [1.165, 1.54) is 13.8 Å². The van der Waals surface area contributed by atoms with Crippen molar-refractivity contribution < 1.29 is 63.0 Å². The van der Waals surface area contributed by atoms with Gasteiger partial charge < -0.3 is 81.4 Å². The molecular formula is C59H101N13O13. The maximum atomic E-state index is 14.6. The number of amides is 8. The van der Waals surface area contributed by atoms with Crippen LogP contribution < -0.4 is 71.2 Å². The minimum absolute atomic E-state index is 0.0571. The number of nitrogens with two attached hydrogens (primary N) is 5. The van der Waals surface area contributed by atoms with Crippen LogP contribution in [0.5, 0.6) is 0 Å². The van der Waals surface area contributed by atoms with Crippen molar-refractivity contribution in [1.82, 2.24) is 42.5 Å². The van der Waals surface area contributed by atoms with Crippen LogP contribution in [0.25, 0.3) is 0 Å². The molecular weight excluding hydrogens is 1100 g/mol. The van der Waals surface area contributed by atoms with Gasteiger partial charge in [0.2, 0.25) is 47.3 Å². The van der Waals surface area contributed by atoms with Crippen LogP contribution in [0.2, 0.25) is 0 Å². The van der Waals surface area contributed by atoms with Gasteiger partial charge in [-0.2, -0.15) is 0 Å². The van der Waals surface area contributed by atoms with E-state index in [0.29, 0.717) is 17.9 Å². The van der Waals surface area contributed by atoms with Gasteiger partial charge in [0.25, 0.3) is 0 Å². The molecule has 1 fully saturated rings. The van der Waals surface area contributed by atoms with Gasteiger partial charge in [0, 0.05) is 50.5 Å². The van der Waals surface area contributed by atoms with E-state index in [9.17, 15) is 63.0 Å². The zero-order valence-electron chi connectivity index (χ0n) is 50.8. The first kappa shape index (κ1) is 74.8. The Morgan fingerprint density at radius 1 is 0.612 bits per heavy atom. The molecule has 1 aliphatic heterocycles. The Bertz CT molecular complexity index is 2310. The van der Waals surface area contributed by atoms with Crippen molar-refractivity contribution in [2.75, 3.05) is 39.3 Å². The second-order valence-corrected chi connectivity index (χ2v) is 23.0. The highest BCUT2D eigenvalue weighted by atomic mass is 16.3. The molecule has 0 radical (unpaired) electrons. The molecule has 1 aromatic carbocycles. The van der Waals surface area contributed by atoms with Gasteiger partial charge >= 0.3 is 0 Å². The minimum atomic E-state index is -1.61. The molecule has 26 heteroatoms. The molecule has 13 atom stereocenters. The lowest BCUT2D eigenvalue weighted by molar-refractivity contribution is -0.137. The van der Waals surface area contributed by atoms with Crippen LogP contribution in [0.1, 0.15) is 143 Å². The summed E-state index contributed by atoms with van der Waals surface area (Å²) in [4.78, 5) is 155. The monoisotopic (exact) mass is 1200 g/mol. The maximum absolute atomic E-state index is 14.6. The minimum Gasteiger partial charge on any atom is -0.393 e. The summed E-state index contributed by atoms with van der Waals surface area (Å²) < 4.78 is 0. The summed E-state index contributed by atoms with van der Waals surface area (Å²) in [5.41, 5.74) is 30.1. The highest BCUT2D eigenvalue weighted by Gasteiger charge is 2.38. The van der Waals surface area contributed by atoms with Crippen molar-refractivity contribution >= 4 is 64.6 Å². The fourth-order valence-electron chi connectivity index (χ4n) is 9.91. The number of rotatable bonds is 31. The number of aliphatic hydroxyl groups is 2. The van der Waals surface area contributed by atoms with Crippen molar-refractivity contribution in [1.29, 1.82) is 0 Å². The number of Topliss-reactive ketones (excluding diaryl/α,β-unsaturated/α-hetero) is 3. The van der Waals surface area contributed by atoms with Crippen LogP contribution in [0, 0.1) is 29.6 Å². The van der Waals surface area contributed by atoms with Crippen LogP contribution in [-0.2, 0) is 59.2 Å². The molecule has 20 N–H and O–H groups in total. The zero-order valence-corrected chi connectivity index (χ0v) is 50.8. The first-order valence-corrected chi connectivity index (χ1v) is 30.2. The van der Waals surface area contributed by atoms with E-state index in [2.05, 4.69) is 56.4 Å². The van der Waals surface area contributed by atoms with Crippen LogP contribution in [0.3, 0.4) is 0 Å². The second-order valence-electron chi connectivity index (χ2n) is 23.0. The average molecular weight is 1200 g/mol. The highest BCUT2D eigenvalue weighted by molar-refractivity contribution is 5.99. The van der Waals surface area contributed by atoms with Gasteiger partial charge in [0.1, 0.15) is 42.0 Å². The summed E-state index contributed by atoms with van der Waals surface area (Å²) in [6, 6.07) is -1.30. The van der Waals surface area contributed by atoms with Gasteiger partial charge in [-0.15, -0.1) is 0 Å². The largest absolute Gasteiger partial charge is 0.393 e. The van der Waals surface area contributed by atoms with Gasteiger partial charge in [-0.3, -0.25) is 52.7 Å². The molecule has 0 saturated carbocycles. The molecule has 0 spiro atoms. The number of carbonyl (C=O) groups is 11. The van der Waals surface area contributed by atoms with Crippen LogP contribution in [-0.4, -0.2) is 169 Å². The first-order chi connectivity index (χ1) is 40.3.